The van der Waals surface area contributed by atoms with Gasteiger partial charge in [-0.25, -0.2) is 13.8 Å². The molecule has 13 nitrogen and oxygen atoms in total. The van der Waals surface area contributed by atoms with E-state index >= 15 is 0 Å². The Balaban J connectivity index is 1.24. The van der Waals surface area contributed by atoms with Crippen LogP contribution < -0.4 is 21.3 Å². The number of nitrogens with zero attached hydrogens (tertiary/aromatic N) is 4. The molecule has 4 aromatic rings. The van der Waals surface area contributed by atoms with Crippen LogP contribution in [-0.2, 0) is 32.1 Å². The number of hydrogen-bond acceptors (Lipinski definition) is 7. The lowest BCUT2D eigenvalue weighted by Crippen LogP contribution is -2.56. The van der Waals surface area contributed by atoms with Gasteiger partial charge in [0, 0.05) is 48.7 Å². The topological polar surface area (TPSA) is 156 Å². The van der Waals surface area contributed by atoms with Crippen LogP contribution in [0, 0.1) is 17.6 Å². The van der Waals surface area contributed by atoms with Crippen LogP contribution in [0.3, 0.4) is 0 Å². The van der Waals surface area contributed by atoms with Gasteiger partial charge >= 0.3 is 0 Å². The van der Waals surface area contributed by atoms with Crippen LogP contribution in [0.4, 0.5) is 8.78 Å². The smallest absolute Gasteiger partial charge is 0.245 e. The maximum atomic E-state index is 14.9. The van der Waals surface area contributed by atoms with E-state index in [0.29, 0.717) is 67.0 Å². The third kappa shape index (κ3) is 9.47. The molecule has 6 unspecified atom stereocenters. The Morgan fingerprint density at radius 3 is 2.13 bits per heavy atom. The number of benzene rings is 2. The van der Waals surface area contributed by atoms with Crippen molar-refractivity contribution >= 4 is 45.6 Å². The van der Waals surface area contributed by atoms with Gasteiger partial charge in [0.15, 0.2) is 5.82 Å². The lowest BCUT2D eigenvalue weighted by Gasteiger charge is -2.35. The number of carbonyl (C=O) groups is 4. The maximum Gasteiger partial charge on any atom is 0.245 e. The van der Waals surface area contributed by atoms with Crippen molar-refractivity contribution in [2.45, 2.75) is 141 Å². The lowest BCUT2D eigenvalue weighted by molar-refractivity contribution is -0.139. The Labute approximate surface area is 357 Å². The lowest BCUT2D eigenvalue weighted by atomic mass is 9.83. The standard InChI is InChI=1S/C46H63F2N9O4/c1-6-12-36(53-43(58)27(2)49-4)45(60)55-21-10-15-32(55)25-35-34-19-17-30(47)23-37(34)51-41(35)42-52-38-24-31(48)18-20-39(38)57(42)26-33-16-11-22-56(33)46(61)40(29-13-8-7-9-14-29)54-44(59)28(3)50-5/h17-20,23-24,27-29,32-33,36,40,49-51H,6-16,21-22,25-26H2,1-5H3,(H,53,58)(H,54,59). The number of fused-ring (bicyclic) bond motifs is 2. The van der Waals surface area contributed by atoms with Crippen molar-refractivity contribution < 1.29 is 28.0 Å². The SMILES string of the molecule is CCCC(NC(=O)C(C)NC)C(=O)N1CCCC1Cc1c(-c2nc3cc(F)ccc3n2CC2CCCN2C(=O)C(NC(=O)C(C)NC)C2CCCCC2)[nH]c2cc(F)ccc12. The average Bonchev–Trinajstić information content (AvgIpc) is 4.07. The molecule has 6 atom stereocenters. The van der Waals surface area contributed by atoms with Gasteiger partial charge in [0.1, 0.15) is 23.7 Å². The summed E-state index contributed by atoms with van der Waals surface area (Å²) in [5, 5.41) is 12.8. The van der Waals surface area contributed by atoms with E-state index in [-0.39, 0.29) is 41.6 Å². The number of aromatic amines is 1. The fourth-order valence-electron chi connectivity index (χ4n) is 9.82. The quantitative estimate of drug-likeness (QED) is 0.0991. The van der Waals surface area contributed by atoms with Gasteiger partial charge in [-0.05, 0) is 121 Å². The third-order valence-electron chi connectivity index (χ3n) is 13.5. The van der Waals surface area contributed by atoms with Gasteiger partial charge in [0.05, 0.1) is 28.8 Å². The second-order valence-electron chi connectivity index (χ2n) is 17.5. The summed E-state index contributed by atoms with van der Waals surface area (Å²) < 4.78 is 31.8. The zero-order valence-electron chi connectivity index (χ0n) is 36.3. The minimum atomic E-state index is -0.667. The molecule has 4 amide bonds. The number of halogens is 2. The number of aromatic nitrogens is 3. The number of nitrogens with one attached hydrogen (secondary N) is 5. The largest absolute Gasteiger partial charge is 0.352 e. The van der Waals surface area contributed by atoms with Crippen LogP contribution in [0.2, 0.25) is 0 Å². The van der Waals surface area contributed by atoms with Gasteiger partial charge in [-0.3, -0.25) is 19.2 Å². The number of imidazole rings is 1. The number of carbonyl (C=O) groups excluding carboxylic acids is 4. The molecule has 2 saturated heterocycles. The van der Waals surface area contributed by atoms with Gasteiger partial charge in [0.2, 0.25) is 23.6 Å². The monoisotopic (exact) mass is 843 g/mol. The minimum Gasteiger partial charge on any atom is -0.352 e. The van der Waals surface area contributed by atoms with Gasteiger partial charge in [-0.1, -0.05) is 32.6 Å². The molecule has 15 heteroatoms. The van der Waals surface area contributed by atoms with Gasteiger partial charge in [0.25, 0.3) is 0 Å². The molecule has 0 radical (unpaired) electrons. The highest BCUT2D eigenvalue weighted by Gasteiger charge is 2.40. The molecule has 330 valence electrons. The van der Waals surface area contributed by atoms with Gasteiger partial charge in [-0.15, -0.1) is 0 Å². The maximum absolute atomic E-state index is 14.9. The zero-order valence-corrected chi connectivity index (χ0v) is 36.3. The van der Waals surface area contributed by atoms with Crippen molar-refractivity contribution in [2.24, 2.45) is 5.92 Å². The highest BCUT2D eigenvalue weighted by molar-refractivity contribution is 5.93. The first kappa shape index (κ1) is 44.2. The molecule has 1 aliphatic carbocycles. The summed E-state index contributed by atoms with van der Waals surface area (Å²) in [6, 6.07) is 6.50. The molecular weight excluding hydrogens is 781 g/mol. The van der Waals surface area contributed by atoms with E-state index in [4.69, 9.17) is 4.98 Å². The molecule has 3 aliphatic rings. The summed E-state index contributed by atoms with van der Waals surface area (Å²) in [6.07, 6.45) is 9.63. The molecule has 7 rings (SSSR count). The van der Waals surface area contributed by atoms with Crippen molar-refractivity contribution in [3.8, 4) is 11.5 Å². The first-order chi connectivity index (χ1) is 29.4. The molecule has 0 spiro atoms. The van der Waals surface area contributed by atoms with E-state index in [0.717, 1.165) is 68.7 Å². The van der Waals surface area contributed by atoms with Crippen LogP contribution in [0.1, 0.15) is 97.0 Å². The van der Waals surface area contributed by atoms with Crippen molar-refractivity contribution in [1.82, 2.24) is 45.6 Å². The van der Waals surface area contributed by atoms with E-state index in [2.05, 4.69) is 26.3 Å². The first-order valence-corrected chi connectivity index (χ1v) is 22.4. The molecule has 61 heavy (non-hydrogen) atoms. The molecule has 2 aliphatic heterocycles. The number of amides is 4. The summed E-state index contributed by atoms with van der Waals surface area (Å²) in [4.78, 5) is 67.5. The Bertz CT molecular complexity index is 2220. The van der Waals surface area contributed by atoms with Crippen LogP contribution >= 0.6 is 0 Å². The fourth-order valence-corrected chi connectivity index (χ4v) is 9.82. The number of likely N-dealkylation sites (N-methyl/N-ethyl adjacent to an activating group) is 2. The zero-order chi connectivity index (χ0) is 43.4. The van der Waals surface area contributed by atoms with E-state index < -0.39 is 35.8 Å². The Morgan fingerprint density at radius 1 is 0.803 bits per heavy atom. The summed E-state index contributed by atoms with van der Waals surface area (Å²) in [6.45, 7) is 7.00. The molecule has 4 heterocycles. The van der Waals surface area contributed by atoms with E-state index in [1.165, 1.54) is 24.3 Å². The molecule has 2 aromatic carbocycles. The minimum absolute atomic E-state index is 0.0462. The van der Waals surface area contributed by atoms with Crippen molar-refractivity contribution in [1.29, 1.82) is 0 Å². The Kier molecular flexibility index (Phi) is 14.1. The summed E-state index contributed by atoms with van der Waals surface area (Å²) >= 11 is 0. The van der Waals surface area contributed by atoms with E-state index in [1.807, 2.05) is 21.3 Å². The molecule has 1 saturated carbocycles. The predicted molar refractivity (Wildman–Crippen MR) is 233 cm³/mol. The van der Waals surface area contributed by atoms with Crippen LogP contribution in [-0.4, -0.2) is 111 Å². The third-order valence-corrected chi connectivity index (χ3v) is 13.5. The average molecular weight is 844 g/mol. The highest BCUT2D eigenvalue weighted by Crippen LogP contribution is 2.37. The Hall–Kier alpha value is -4.89. The van der Waals surface area contributed by atoms with Crippen molar-refractivity contribution in [2.75, 3.05) is 27.2 Å². The Morgan fingerprint density at radius 2 is 1.44 bits per heavy atom. The van der Waals surface area contributed by atoms with Gasteiger partial charge in [-0.2, -0.15) is 0 Å². The van der Waals surface area contributed by atoms with Crippen molar-refractivity contribution in [3.05, 3.63) is 53.6 Å². The van der Waals surface area contributed by atoms with E-state index in [1.54, 1.807) is 40.1 Å². The second-order valence-corrected chi connectivity index (χ2v) is 17.5. The van der Waals surface area contributed by atoms with Gasteiger partial charge < -0.3 is 40.6 Å². The summed E-state index contributed by atoms with van der Waals surface area (Å²) in [7, 11) is 3.44. The van der Waals surface area contributed by atoms with Crippen LogP contribution in [0.5, 0.6) is 0 Å². The molecule has 2 aromatic heterocycles. The molecule has 0 bridgehead atoms. The van der Waals surface area contributed by atoms with Crippen LogP contribution in [0.25, 0.3) is 33.5 Å². The molecular formula is C46H63F2N9O4. The predicted octanol–water partition coefficient (Wildman–Crippen LogP) is 5.55. The number of rotatable bonds is 16. The normalized spacial score (nSPS) is 20.6. The van der Waals surface area contributed by atoms with E-state index in [9.17, 15) is 28.0 Å². The summed E-state index contributed by atoms with van der Waals surface area (Å²) in [5.41, 5.74) is 3.21. The first-order valence-electron chi connectivity index (χ1n) is 22.4. The number of likely N-dealkylation sites (tertiary alicyclic amines) is 2. The fraction of sp³-hybridized carbons (Fsp3) is 0.587. The number of hydrogen-bond donors (Lipinski definition) is 5. The van der Waals surface area contributed by atoms with Crippen LogP contribution in [0.15, 0.2) is 36.4 Å². The highest BCUT2D eigenvalue weighted by atomic mass is 19.1. The summed E-state index contributed by atoms with van der Waals surface area (Å²) in [5.74, 6) is -0.894. The van der Waals surface area contributed by atoms with Crippen molar-refractivity contribution in [3.63, 3.8) is 0 Å². The molecule has 3 fully saturated rings. The second kappa shape index (κ2) is 19.4. The number of H-pyrrole nitrogens is 1. The molecule has 5 N–H and O–H groups in total.